The number of hydrogen-bond donors (Lipinski definition) is 1. The number of rotatable bonds is 9. The Bertz CT molecular complexity index is 1280. The van der Waals surface area contributed by atoms with E-state index in [2.05, 4.69) is 10.5 Å². The number of hydrazone groups is 1. The summed E-state index contributed by atoms with van der Waals surface area (Å²) < 4.78 is 69.5. The van der Waals surface area contributed by atoms with Crippen LogP contribution in [0, 0.1) is 0 Å². The maximum Gasteiger partial charge on any atom is 0.416 e. The lowest BCUT2D eigenvalue weighted by atomic mass is 10.2. The summed E-state index contributed by atoms with van der Waals surface area (Å²) in [4.78, 5) is 12.2. The van der Waals surface area contributed by atoms with Crippen LogP contribution in [0.5, 0.6) is 5.75 Å². The molecular weight excluding hydrogens is 483 g/mol. The molecule has 0 spiro atoms. The lowest BCUT2D eigenvalue weighted by Crippen LogP contribution is -2.39. The molecule has 0 saturated carbocycles. The average Bonchev–Trinajstić information content (AvgIpc) is 2.81. The number of amides is 1. The van der Waals surface area contributed by atoms with Gasteiger partial charge in [-0.2, -0.15) is 18.3 Å². The van der Waals surface area contributed by atoms with Gasteiger partial charge in [-0.1, -0.05) is 36.4 Å². The van der Waals surface area contributed by atoms with Crippen molar-refractivity contribution >= 4 is 27.8 Å². The first-order valence-electron chi connectivity index (χ1n) is 10.3. The van der Waals surface area contributed by atoms with Crippen molar-refractivity contribution in [3.63, 3.8) is 0 Å². The molecule has 11 heteroatoms. The van der Waals surface area contributed by atoms with E-state index in [9.17, 15) is 26.4 Å². The highest BCUT2D eigenvalue weighted by Gasteiger charge is 2.32. The molecule has 0 saturated heterocycles. The summed E-state index contributed by atoms with van der Waals surface area (Å²) in [5, 5.41) is 3.78. The molecule has 0 aliphatic rings. The van der Waals surface area contributed by atoms with Gasteiger partial charge in [-0.3, -0.25) is 9.10 Å². The fourth-order valence-electron chi connectivity index (χ4n) is 2.97. The maximum atomic E-state index is 13.0. The molecule has 0 aromatic heterocycles. The topological polar surface area (TPSA) is 88.1 Å². The number of ether oxygens (including phenoxy) is 1. The highest BCUT2D eigenvalue weighted by Crippen LogP contribution is 2.32. The van der Waals surface area contributed by atoms with Crippen LogP contribution in [0.2, 0.25) is 0 Å². The van der Waals surface area contributed by atoms with Crippen molar-refractivity contribution < 1.29 is 31.1 Å². The monoisotopic (exact) mass is 505 g/mol. The van der Waals surface area contributed by atoms with E-state index < -0.39 is 34.2 Å². The average molecular weight is 506 g/mol. The second kappa shape index (κ2) is 11.0. The molecule has 184 valence electrons. The summed E-state index contributed by atoms with van der Waals surface area (Å²) in [5.74, 6) is -0.188. The molecule has 0 atom stereocenters. The molecule has 35 heavy (non-hydrogen) atoms. The molecule has 0 heterocycles. The summed E-state index contributed by atoms with van der Waals surface area (Å²) in [6.45, 7) is -0.337. The highest BCUT2D eigenvalue weighted by atomic mass is 32.2. The van der Waals surface area contributed by atoms with Gasteiger partial charge in [0, 0.05) is 0 Å². The molecule has 7 nitrogen and oxygen atoms in total. The van der Waals surface area contributed by atoms with Gasteiger partial charge in [0.05, 0.1) is 23.7 Å². The normalized spacial score (nSPS) is 11.9. The van der Waals surface area contributed by atoms with E-state index in [1.165, 1.54) is 12.3 Å². The van der Waals surface area contributed by atoms with E-state index in [1.807, 2.05) is 30.3 Å². The number of nitrogens with one attached hydrogen (secondary N) is 1. The summed E-state index contributed by atoms with van der Waals surface area (Å²) in [5.41, 5.74) is 2.52. The van der Waals surface area contributed by atoms with Crippen LogP contribution in [-0.2, 0) is 27.6 Å². The summed E-state index contributed by atoms with van der Waals surface area (Å²) in [6, 6.07) is 20.2. The van der Waals surface area contributed by atoms with Crippen molar-refractivity contribution in [2.24, 2.45) is 5.10 Å². The zero-order chi connectivity index (χ0) is 25.5. The van der Waals surface area contributed by atoms with Crippen molar-refractivity contribution in [3.8, 4) is 5.75 Å². The van der Waals surface area contributed by atoms with Gasteiger partial charge in [-0.25, -0.2) is 13.8 Å². The summed E-state index contributed by atoms with van der Waals surface area (Å²) in [7, 11) is -4.04. The fourth-order valence-corrected chi connectivity index (χ4v) is 3.82. The minimum Gasteiger partial charge on any atom is -0.489 e. The minimum absolute atomic E-state index is 0.285. The first-order chi connectivity index (χ1) is 16.5. The minimum atomic E-state index is -4.66. The Hall–Kier alpha value is -3.86. The van der Waals surface area contributed by atoms with Crippen LogP contribution in [0.4, 0.5) is 18.9 Å². The van der Waals surface area contributed by atoms with Gasteiger partial charge in [0.15, 0.2) is 0 Å². The van der Waals surface area contributed by atoms with Crippen molar-refractivity contribution in [2.45, 2.75) is 12.8 Å². The van der Waals surface area contributed by atoms with Gasteiger partial charge < -0.3 is 4.74 Å². The molecule has 0 bridgehead atoms. The number of carbonyl (C=O) groups excluding carboxylic acids is 1. The third kappa shape index (κ3) is 7.85. The number of nitrogens with zero attached hydrogens (tertiary/aromatic N) is 2. The second-order valence-corrected chi connectivity index (χ2v) is 9.36. The number of halogens is 3. The van der Waals surface area contributed by atoms with Crippen molar-refractivity contribution in [3.05, 3.63) is 95.6 Å². The number of hydrogen-bond acceptors (Lipinski definition) is 5. The van der Waals surface area contributed by atoms with Crippen molar-refractivity contribution in [2.75, 3.05) is 17.1 Å². The van der Waals surface area contributed by atoms with Crippen molar-refractivity contribution in [1.29, 1.82) is 0 Å². The van der Waals surface area contributed by atoms with Crippen LogP contribution in [0.25, 0.3) is 0 Å². The molecule has 0 fully saturated rings. The van der Waals surface area contributed by atoms with Crippen LogP contribution in [0.3, 0.4) is 0 Å². The number of carbonyl (C=O) groups is 1. The van der Waals surface area contributed by atoms with Gasteiger partial charge in [-0.05, 0) is 53.6 Å². The van der Waals surface area contributed by atoms with E-state index in [1.54, 1.807) is 24.3 Å². The van der Waals surface area contributed by atoms with E-state index in [0.29, 0.717) is 28.3 Å². The number of anilines is 1. The molecule has 3 aromatic carbocycles. The van der Waals surface area contributed by atoms with Crippen LogP contribution in [0.1, 0.15) is 16.7 Å². The Morgan fingerprint density at radius 2 is 1.71 bits per heavy atom. The van der Waals surface area contributed by atoms with Crippen LogP contribution < -0.4 is 14.5 Å². The zero-order valence-corrected chi connectivity index (χ0v) is 19.4. The Morgan fingerprint density at radius 3 is 2.34 bits per heavy atom. The molecule has 1 N–H and O–H groups in total. The summed E-state index contributed by atoms with van der Waals surface area (Å²) in [6.07, 6.45) is -2.52. The molecule has 0 radical (unpaired) electrons. The van der Waals surface area contributed by atoms with E-state index in [0.717, 1.165) is 24.0 Å². The van der Waals surface area contributed by atoms with Crippen LogP contribution in [-0.4, -0.2) is 33.3 Å². The molecule has 3 aromatic rings. The smallest absolute Gasteiger partial charge is 0.416 e. The van der Waals surface area contributed by atoms with Gasteiger partial charge in [0.1, 0.15) is 18.9 Å². The van der Waals surface area contributed by atoms with Gasteiger partial charge in [0.25, 0.3) is 5.91 Å². The Morgan fingerprint density at radius 1 is 1.03 bits per heavy atom. The Kier molecular flexibility index (Phi) is 8.13. The first-order valence-corrected chi connectivity index (χ1v) is 12.1. The number of benzene rings is 3. The predicted molar refractivity (Wildman–Crippen MR) is 127 cm³/mol. The van der Waals surface area contributed by atoms with Crippen LogP contribution >= 0.6 is 0 Å². The van der Waals surface area contributed by atoms with E-state index in [4.69, 9.17) is 4.74 Å². The van der Waals surface area contributed by atoms with Gasteiger partial charge in [0.2, 0.25) is 10.0 Å². The quantitative estimate of drug-likeness (QED) is 0.349. The molecule has 0 aliphatic carbocycles. The highest BCUT2D eigenvalue weighted by molar-refractivity contribution is 7.92. The first kappa shape index (κ1) is 25.8. The maximum absolute atomic E-state index is 13.0. The SMILES string of the molecule is CS(=O)(=O)N(CC(=O)N/N=C\c1ccc(OCc2ccccc2)cc1)c1cccc(C(F)(F)F)c1. The largest absolute Gasteiger partial charge is 0.489 e. The van der Waals surface area contributed by atoms with E-state index in [-0.39, 0.29) is 5.69 Å². The molecule has 0 unspecified atom stereocenters. The zero-order valence-electron chi connectivity index (χ0n) is 18.6. The van der Waals surface area contributed by atoms with Gasteiger partial charge >= 0.3 is 6.18 Å². The Labute approximate surface area is 200 Å². The predicted octanol–water partition coefficient (Wildman–Crippen LogP) is 4.20. The molecule has 0 aliphatic heterocycles. The lowest BCUT2D eigenvalue weighted by molar-refractivity contribution is -0.137. The molecule has 3 rings (SSSR count). The molecular formula is C24H22F3N3O4S. The van der Waals surface area contributed by atoms with Crippen molar-refractivity contribution in [1.82, 2.24) is 5.43 Å². The lowest BCUT2D eigenvalue weighted by Gasteiger charge is -2.22. The fraction of sp³-hybridized carbons (Fsp3) is 0.167. The number of alkyl halides is 3. The molecule has 1 amide bonds. The standard InChI is InChI=1S/C24H22F3N3O4S/c1-35(32,33)30(21-9-5-8-20(14-21)24(25,26)27)16-23(31)29-28-15-18-10-12-22(13-11-18)34-17-19-6-3-2-4-7-19/h2-15H,16-17H2,1H3,(H,29,31)/b28-15-. The third-order valence-corrected chi connectivity index (χ3v) is 5.82. The number of sulfonamides is 1. The Balaban J connectivity index is 1.59. The summed E-state index contributed by atoms with van der Waals surface area (Å²) >= 11 is 0. The third-order valence-electron chi connectivity index (χ3n) is 4.68. The van der Waals surface area contributed by atoms with E-state index >= 15 is 0 Å². The second-order valence-electron chi connectivity index (χ2n) is 7.45. The van der Waals surface area contributed by atoms with Gasteiger partial charge in [-0.15, -0.1) is 0 Å². The van der Waals surface area contributed by atoms with Crippen LogP contribution in [0.15, 0.2) is 84.0 Å².